The molecule has 0 N–H and O–H groups in total. The van der Waals surface area contributed by atoms with Gasteiger partial charge in [0.2, 0.25) is 0 Å². The van der Waals surface area contributed by atoms with Crippen molar-refractivity contribution in [1.82, 2.24) is 0 Å². The van der Waals surface area contributed by atoms with E-state index in [-0.39, 0.29) is 6.10 Å². The molecule has 0 saturated heterocycles. The lowest BCUT2D eigenvalue weighted by atomic mass is 9.98. The van der Waals surface area contributed by atoms with Gasteiger partial charge >= 0.3 is 5.97 Å². The summed E-state index contributed by atoms with van der Waals surface area (Å²) in [6, 6.07) is 14.7. The van der Waals surface area contributed by atoms with Crippen molar-refractivity contribution in [3.05, 3.63) is 78.4 Å². The smallest absolute Gasteiger partial charge is 0.345 e. The van der Waals surface area contributed by atoms with E-state index >= 15 is 0 Å². The van der Waals surface area contributed by atoms with Gasteiger partial charge in [-0.3, -0.25) is 0 Å². The average molecular weight is 407 g/mol. The molecule has 1 fully saturated rings. The fraction of sp³-hybridized carbons (Fsp3) is 0.346. The number of esters is 1. The lowest BCUT2D eigenvalue weighted by molar-refractivity contribution is -0.201. The molecule has 2 aromatic rings. The van der Waals surface area contributed by atoms with Gasteiger partial charge < -0.3 is 14.2 Å². The third-order valence-corrected chi connectivity index (χ3v) is 5.29. The summed E-state index contributed by atoms with van der Waals surface area (Å²) in [5.41, 5.74) is 2.64. The summed E-state index contributed by atoms with van der Waals surface area (Å²) in [6.07, 6.45) is 7.94. The van der Waals surface area contributed by atoms with Gasteiger partial charge in [-0.05, 0) is 48.6 Å². The van der Waals surface area contributed by atoms with Crippen LogP contribution in [-0.4, -0.2) is 18.4 Å². The zero-order chi connectivity index (χ0) is 21.3. The van der Waals surface area contributed by atoms with E-state index in [1.807, 2.05) is 43.3 Å². The molecule has 3 rings (SSSR count). The van der Waals surface area contributed by atoms with Gasteiger partial charge in [-0.2, -0.15) is 0 Å². The molecule has 0 aromatic heterocycles. The topological polar surface area (TPSA) is 44.8 Å². The second-order valence-electron chi connectivity index (χ2n) is 7.54. The summed E-state index contributed by atoms with van der Waals surface area (Å²) in [7, 11) is 0. The minimum Gasteiger partial charge on any atom is -0.424 e. The second kappa shape index (κ2) is 10.9. The van der Waals surface area contributed by atoms with Crippen molar-refractivity contribution in [3.8, 4) is 5.75 Å². The molecule has 158 valence electrons. The SMILES string of the molecule is C=Cc1ccc(OC(=O)C(OC(C)OC2CCCCC2)c2ccc(C=C)cc2)cc1. The van der Waals surface area contributed by atoms with Gasteiger partial charge in [-0.25, -0.2) is 4.79 Å². The standard InChI is InChI=1S/C26H30O4/c1-4-20-11-15-22(16-12-20)25(29-19(3)28-23-9-7-6-8-10-23)26(27)30-24-17-13-21(5-2)14-18-24/h4-5,11-19,23,25H,1-2,6-10H2,3H3. The minimum absolute atomic E-state index is 0.181. The van der Waals surface area contributed by atoms with E-state index in [0.717, 1.165) is 24.0 Å². The Kier molecular flexibility index (Phi) is 8.00. The number of rotatable bonds is 9. The van der Waals surface area contributed by atoms with Gasteiger partial charge in [-0.15, -0.1) is 0 Å². The first kappa shape index (κ1) is 22.0. The molecule has 2 unspecified atom stereocenters. The van der Waals surface area contributed by atoms with Crippen LogP contribution in [0.3, 0.4) is 0 Å². The van der Waals surface area contributed by atoms with E-state index < -0.39 is 18.4 Å². The van der Waals surface area contributed by atoms with Crippen LogP contribution in [0.15, 0.2) is 61.7 Å². The van der Waals surface area contributed by atoms with E-state index in [1.54, 1.807) is 24.3 Å². The van der Waals surface area contributed by atoms with Crippen molar-refractivity contribution in [3.63, 3.8) is 0 Å². The molecule has 4 heteroatoms. The molecule has 30 heavy (non-hydrogen) atoms. The first-order chi connectivity index (χ1) is 14.6. The van der Waals surface area contributed by atoms with Gasteiger partial charge in [0, 0.05) is 0 Å². The molecule has 0 heterocycles. The van der Waals surface area contributed by atoms with Crippen molar-refractivity contribution in [2.45, 2.75) is 57.5 Å². The van der Waals surface area contributed by atoms with Gasteiger partial charge in [0.1, 0.15) is 5.75 Å². The lowest BCUT2D eigenvalue weighted by Crippen LogP contribution is -2.30. The van der Waals surface area contributed by atoms with Crippen molar-refractivity contribution in [2.75, 3.05) is 0 Å². The number of ether oxygens (including phenoxy) is 3. The summed E-state index contributed by atoms with van der Waals surface area (Å²) in [5.74, 6) is -0.0189. The zero-order valence-electron chi connectivity index (χ0n) is 17.6. The largest absolute Gasteiger partial charge is 0.424 e. The van der Waals surface area contributed by atoms with Crippen molar-refractivity contribution in [2.24, 2.45) is 0 Å². The fourth-order valence-corrected chi connectivity index (χ4v) is 3.61. The van der Waals surface area contributed by atoms with E-state index in [4.69, 9.17) is 14.2 Å². The Morgan fingerprint density at radius 3 is 2.07 bits per heavy atom. The number of carbonyl (C=O) groups excluding carboxylic acids is 1. The van der Waals surface area contributed by atoms with Crippen LogP contribution < -0.4 is 4.74 Å². The predicted octanol–water partition coefficient (Wildman–Crippen LogP) is 6.33. The third kappa shape index (κ3) is 6.15. The maximum atomic E-state index is 13.0. The first-order valence-electron chi connectivity index (χ1n) is 10.6. The van der Waals surface area contributed by atoms with E-state index in [9.17, 15) is 4.79 Å². The molecular formula is C26H30O4. The van der Waals surface area contributed by atoms with E-state index in [0.29, 0.717) is 11.3 Å². The van der Waals surface area contributed by atoms with Crippen LogP contribution in [0.5, 0.6) is 5.75 Å². The van der Waals surface area contributed by atoms with Crippen molar-refractivity contribution >= 4 is 18.1 Å². The molecule has 1 saturated carbocycles. The van der Waals surface area contributed by atoms with Crippen LogP contribution in [0.25, 0.3) is 12.2 Å². The fourth-order valence-electron chi connectivity index (χ4n) is 3.61. The normalized spacial score (nSPS) is 16.4. The number of benzene rings is 2. The highest BCUT2D eigenvalue weighted by Crippen LogP contribution is 2.27. The highest BCUT2D eigenvalue weighted by molar-refractivity contribution is 5.79. The van der Waals surface area contributed by atoms with Crippen molar-refractivity contribution in [1.29, 1.82) is 0 Å². The highest BCUT2D eigenvalue weighted by atomic mass is 16.7. The number of hydrogen-bond acceptors (Lipinski definition) is 4. The Balaban J connectivity index is 1.73. The van der Waals surface area contributed by atoms with Crippen LogP contribution in [0.4, 0.5) is 0 Å². The highest BCUT2D eigenvalue weighted by Gasteiger charge is 2.28. The third-order valence-electron chi connectivity index (χ3n) is 5.29. The molecule has 0 bridgehead atoms. The summed E-state index contributed by atoms with van der Waals surface area (Å²) >= 11 is 0. The van der Waals surface area contributed by atoms with Crippen LogP contribution in [0.1, 0.15) is 61.8 Å². The predicted molar refractivity (Wildman–Crippen MR) is 120 cm³/mol. The summed E-state index contributed by atoms with van der Waals surface area (Å²) in [6.45, 7) is 9.35. The maximum Gasteiger partial charge on any atom is 0.345 e. The summed E-state index contributed by atoms with van der Waals surface area (Å²) < 4.78 is 17.7. The van der Waals surface area contributed by atoms with Gasteiger partial charge in [-0.1, -0.05) is 81.0 Å². The monoisotopic (exact) mass is 406 g/mol. The molecule has 2 atom stereocenters. The zero-order valence-corrected chi connectivity index (χ0v) is 17.6. The quantitative estimate of drug-likeness (QED) is 0.277. The van der Waals surface area contributed by atoms with Gasteiger partial charge in [0.25, 0.3) is 0 Å². The maximum absolute atomic E-state index is 13.0. The Bertz CT molecular complexity index is 832. The molecule has 0 radical (unpaired) electrons. The molecule has 4 nitrogen and oxygen atoms in total. The van der Waals surface area contributed by atoms with Crippen LogP contribution in [0, 0.1) is 0 Å². The van der Waals surface area contributed by atoms with Gasteiger partial charge in [0.05, 0.1) is 6.10 Å². The van der Waals surface area contributed by atoms with Crippen LogP contribution in [-0.2, 0) is 14.3 Å². The Morgan fingerprint density at radius 2 is 1.50 bits per heavy atom. The second-order valence-corrected chi connectivity index (χ2v) is 7.54. The lowest BCUT2D eigenvalue weighted by Gasteiger charge is -2.28. The molecule has 0 amide bonds. The Hall–Kier alpha value is -2.69. The minimum atomic E-state index is -0.887. The molecule has 1 aliphatic rings. The summed E-state index contributed by atoms with van der Waals surface area (Å²) in [4.78, 5) is 13.0. The van der Waals surface area contributed by atoms with E-state index in [2.05, 4.69) is 13.2 Å². The van der Waals surface area contributed by atoms with Crippen LogP contribution in [0.2, 0.25) is 0 Å². The van der Waals surface area contributed by atoms with Gasteiger partial charge in [0.15, 0.2) is 12.4 Å². The van der Waals surface area contributed by atoms with E-state index in [1.165, 1.54) is 19.3 Å². The van der Waals surface area contributed by atoms with Crippen molar-refractivity contribution < 1.29 is 19.0 Å². The average Bonchev–Trinajstić information content (AvgIpc) is 2.78. The van der Waals surface area contributed by atoms with Crippen LogP contribution >= 0.6 is 0 Å². The molecule has 2 aromatic carbocycles. The number of hydrogen-bond donors (Lipinski definition) is 0. The molecule has 0 aliphatic heterocycles. The molecular weight excluding hydrogens is 376 g/mol. The summed E-state index contributed by atoms with van der Waals surface area (Å²) in [5, 5.41) is 0. The number of carbonyl (C=O) groups is 1. The molecule has 1 aliphatic carbocycles. The Morgan fingerprint density at radius 1 is 0.933 bits per heavy atom. The first-order valence-corrected chi connectivity index (χ1v) is 10.6. The molecule has 0 spiro atoms. The Labute approximate surface area is 179 Å².